The van der Waals surface area contributed by atoms with E-state index in [-0.39, 0.29) is 5.57 Å². The Morgan fingerprint density at radius 2 is 1.66 bits per heavy atom. The molecule has 1 N–H and O–H groups in total. The average Bonchev–Trinajstić information content (AvgIpc) is 2.80. The molecule has 180 valence electrons. The number of carbonyl (C=O) groups is 1. The van der Waals surface area contributed by atoms with E-state index in [4.69, 9.17) is 9.47 Å². The Hall–Kier alpha value is -3.31. The molecular weight excluding hydrogens is 551 g/mol. The van der Waals surface area contributed by atoms with E-state index >= 15 is 0 Å². The summed E-state index contributed by atoms with van der Waals surface area (Å²) >= 11 is 2.30. The first kappa shape index (κ1) is 26.3. The van der Waals surface area contributed by atoms with Gasteiger partial charge >= 0.3 is 0 Å². The van der Waals surface area contributed by atoms with E-state index in [1.54, 1.807) is 30.3 Å². The number of halogens is 1. The molecule has 0 heterocycles. The lowest BCUT2D eigenvalue weighted by molar-refractivity contribution is -0.112. The standard InChI is InChI=1S/C29H29IN2O3/c1-5-34-25-9-7-24(8-10-25)32-29(33)23(18-31)14-22-16-27(30)26(28(17-22)35-6-2)15-21-12-19(3)11-20(4)13-21/h7-14,16-17H,5-6,15H2,1-4H3,(H,32,33)/b23-14+. The highest BCUT2D eigenvalue weighted by Crippen LogP contribution is 2.30. The van der Waals surface area contributed by atoms with Crippen LogP contribution in [0.15, 0.2) is 60.2 Å². The summed E-state index contributed by atoms with van der Waals surface area (Å²) in [6.45, 7) is 9.14. The second kappa shape index (κ2) is 12.4. The van der Waals surface area contributed by atoms with Gasteiger partial charge in [0, 0.05) is 21.2 Å². The smallest absolute Gasteiger partial charge is 0.266 e. The predicted octanol–water partition coefficient (Wildman–Crippen LogP) is 6.84. The van der Waals surface area contributed by atoms with E-state index < -0.39 is 5.91 Å². The Kier molecular flexibility index (Phi) is 9.32. The van der Waals surface area contributed by atoms with E-state index in [0.29, 0.717) is 18.9 Å². The van der Waals surface area contributed by atoms with Crippen LogP contribution >= 0.6 is 22.6 Å². The number of nitrogens with one attached hydrogen (secondary N) is 1. The number of nitrogens with zero attached hydrogens (tertiary/aromatic N) is 1. The van der Waals surface area contributed by atoms with Crippen LogP contribution in [0.2, 0.25) is 0 Å². The van der Waals surface area contributed by atoms with Gasteiger partial charge in [0.05, 0.1) is 13.2 Å². The quantitative estimate of drug-likeness (QED) is 0.171. The normalized spacial score (nSPS) is 11.0. The summed E-state index contributed by atoms with van der Waals surface area (Å²) in [5.41, 5.74) is 6.10. The van der Waals surface area contributed by atoms with Crippen LogP contribution in [0.5, 0.6) is 11.5 Å². The molecule has 0 aromatic heterocycles. The van der Waals surface area contributed by atoms with Gasteiger partial charge in [0.15, 0.2) is 0 Å². The average molecular weight is 580 g/mol. The molecule has 0 radical (unpaired) electrons. The number of rotatable bonds is 9. The number of nitriles is 1. The Bertz CT molecular complexity index is 1250. The van der Waals surface area contributed by atoms with Crippen LogP contribution in [0.25, 0.3) is 6.08 Å². The van der Waals surface area contributed by atoms with Crippen molar-refractivity contribution in [2.75, 3.05) is 18.5 Å². The molecule has 3 rings (SSSR count). The van der Waals surface area contributed by atoms with Crippen LogP contribution in [0.4, 0.5) is 5.69 Å². The molecule has 0 saturated heterocycles. The molecule has 0 aliphatic rings. The third kappa shape index (κ3) is 7.33. The number of hydrogen-bond acceptors (Lipinski definition) is 4. The zero-order chi connectivity index (χ0) is 25.4. The number of carbonyl (C=O) groups excluding carboxylic acids is 1. The number of aryl methyl sites for hydroxylation is 2. The number of ether oxygens (including phenoxy) is 2. The maximum absolute atomic E-state index is 12.8. The predicted molar refractivity (Wildman–Crippen MR) is 149 cm³/mol. The molecule has 0 aliphatic carbocycles. The Balaban J connectivity index is 1.87. The molecule has 6 heteroatoms. The van der Waals surface area contributed by atoms with Gasteiger partial charge in [-0.2, -0.15) is 5.26 Å². The third-order valence-electron chi connectivity index (χ3n) is 5.24. The fourth-order valence-corrected chi connectivity index (χ4v) is 4.68. The lowest BCUT2D eigenvalue weighted by Gasteiger charge is -2.15. The molecule has 1 amide bonds. The van der Waals surface area contributed by atoms with Crippen molar-refractivity contribution in [3.8, 4) is 17.6 Å². The van der Waals surface area contributed by atoms with Gasteiger partial charge in [-0.05, 0) is 104 Å². The minimum atomic E-state index is -0.469. The van der Waals surface area contributed by atoms with E-state index in [2.05, 4.69) is 60.0 Å². The summed E-state index contributed by atoms with van der Waals surface area (Å²) < 4.78 is 12.4. The lowest BCUT2D eigenvalue weighted by atomic mass is 9.98. The van der Waals surface area contributed by atoms with Crippen LogP contribution in [0.1, 0.15) is 41.7 Å². The van der Waals surface area contributed by atoms with Crippen molar-refractivity contribution in [2.45, 2.75) is 34.1 Å². The van der Waals surface area contributed by atoms with Crippen LogP contribution < -0.4 is 14.8 Å². The lowest BCUT2D eigenvalue weighted by Crippen LogP contribution is -2.13. The molecule has 0 unspecified atom stereocenters. The van der Waals surface area contributed by atoms with Gasteiger partial charge in [0.1, 0.15) is 23.1 Å². The van der Waals surface area contributed by atoms with Crippen molar-refractivity contribution in [2.24, 2.45) is 0 Å². The second-order valence-corrected chi connectivity index (χ2v) is 9.33. The number of amides is 1. The second-order valence-electron chi connectivity index (χ2n) is 8.17. The van der Waals surface area contributed by atoms with Gasteiger partial charge in [0.25, 0.3) is 5.91 Å². The SMILES string of the molecule is CCOc1ccc(NC(=O)/C(C#N)=C/c2cc(I)c(Cc3cc(C)cc(C)c3)c(OCC)c2)cc1. The maximum Gasteiger partial charge on any atom is 0.266 e. The molecule has 0 atom stereocenters. The summed E-state index contributed by atoms with van der Waals surface area (Å²) in [6.07, 6.45) is 2.33. The van der Waals surface area contributed by atoms with Crippen molar-refractivity contribution >= 4 is 40.3 Å². The van der Waals surface area contributed by atoms with Gasteiger partial charge < -0.3 is 14.8 Å². The fraction of sp³-hybridized carbons (Fsp3) is 0.241. The zero-order valence-corrected chi connectivity index (χ0v) is 22.6. The van der Waals surface area contributed by atoms with Crippen molar-refractivity contribution in [3.63, 3.8) is 0 Å². The fourth-order valence-electron chi connectivity index (χ4n) is 3.86. The largest absolute Gasteiger partial charge is 0.494 e. The van der Waals surface area contributed by atoms with E-state index in [0.717, 1.165) is 32.6 Å². The molecule has 35 heavy (non-hydrogen) atoms. The van der Waals surface area contributed by atoms with Crippen molar-refractivity contribution in [3.05, 3.63) is 91.6 Å². The van der Waals surface area contributed by atoms with E-state index in [1.165, 1.54) is 16.7 Å². The van der Waals surface area contributed by atoms with E-state index in [1.807, 2.05) is 32.0 Å². The molecule has 3 aromatic rings. The van der Waals surface area contributed by atoms with Crippen molar-refractivity contribution in [1.82, 2.24) is 0 Å². The Labute approximate surface area is 220 Å². The molecule has 0 bridgehead atoms. The van der Waals surface area contributed by atoms with Crippen LogP contribution in [0, 0.1) is 28.7 Å². The first-order valence-electron chi connectivity index (χ1n) is 11.5. The maximum atomic E-state index is 12.8. The summed E-state index contributed by atoms with van der Waals surface area (Å²) in [5.74, 6) is 1.01. The molecule has 0 spiro atoms. The molecule has 0 saturated carbocycles. The van der Waals surface area contributed by atoms with Gasteiger partial charge in [-0.25, -0.2) is 0 Å². The molecule has 0 fully saturated rings. The highest BCUT2D eigenvalue weighted by molar-refractivity contribution is 14.1. The van der Waals surface area contributed by atoms with E-state index in [9.17, 15) is 10.1 Å². The van der Waals surface area contributed by atoms with Crippen LogP contribution in [0.3, 0.4) is 0 Å². The van der Waals surface area contributed by atoms with Gasteiger partial charge in [-0.1, -0.05) is 29.3 Å². The van der Waals surface area contributed by atoms with Gasteiger partial charge in [-0.15, -0.1) is 0 Å². The highest BCUT2D eigenvalue weighted by Gasteiger charge is 2.14. The molecule has 5 nitrogen and oxygen atoms in total. The number of benzene rings is 3. The summed E-state index contributed by atoms with van der Waals surface area (Å²) in [6, 6.07) is 19.5. The minimum absolute atomic E-state index is 0.0131. The first-order valence-corrected chi connectivity index (χ1v) is 12.6. The Morgan fingerprint density at radius 3 is 2.26 bits per heavy atom. The van der Waals surface area contributed by atoms with Crippen LogP contribution in [-0.4, -0.2) is 19.1 Å². The number of anilines is 1. The van der Waals surface area contributed by atoms with Crippen molar-refractivity contribution in [1.29, 1.82) is 5.26 Å². The van der Waals surface area contributed by atoms with Gasteiger partial charge in [-0.3, -0.25) is 4.79 Å². The molecule has 3 aromatic carbocycles. The summed E-state index contributed by atoms with van der Waals surface area (Å²) in [5, 5.41) is 12.4. The van der Waals surface area contributed by atoms with Crippen molar-refractivity contribution < 1.29 is 14.3 Å². The third-order valence-corrected chi connectivity index (χ3v) is 6.20. The first-order chi connectivity index (χ1) is 16.8. The minimum Gasteiger partial charge on any atom is -0.494 e. The highest BCUT2D eigenvalue weighted by atomic mass is 127. The number of hydrogen-bond donors (Lipinski definition) is 1. The molecule has 0 aliphatic heterocycles. The van der Waals surface area contributed by atoms with Gasteiger partial charge in [0.2, 0.25) is 0 Å². The Morgan fingerprint density at radius 1 is 1.00 bits per heavy atom. The summed E-state index contributed by atoms with van der Waals surface area (Å²) in [4.78, 5) is 12.8. The zero-order valence-electron chi connectivity index (χ0n) is 20.4. The monoisotopic (exact) mass is 580 g/mol. The molecular formula is C29H29IN2O3. The van der Waals surface area contributed by atoms with Crippen LogP contribution in [-0.2, 0) is 11.2 Å². The topological polar surface area (TPSA) is 71.3 Å². The summed E-state index contributed by atoms with van der Waals surface area (Å²) in [7, 11) is 0.